The molecule has 1 aromatic carbocycles. The van der Waals surface area contributed by atoms with E-state index in [-0.39, 0.29) is 18.3 Å². The number of benzene rings is 1. The quantitative estimate of drug-likeness (QED) is 0.647. The Labute approximate surface area is 106 Å². The van der Waals surface area contributed by atoms with Gasteiger partial charge in [-0.25, -0.2) is 0 Å². The standard InChI is InChI=1S/C14H15ClO2/c15-13-7-6-11(9-16)12(14(13)17)8-10-4-2-1-3-5-10/h1-5,8,11,13,16H,6-7,9H2. The van der Waals surface area contributed by atoms with Gasteiger partial charge in [-0.2, -0.15) is 0 Å². The van der Waals surface area contributed by atoms with Crippen molar-refractivity contribution >= 4 is 23.5 Å². The summed E-state index contributed by atoms with van der Waals surface area (Å²) in [5.41, 5.74) is 1.63. The number of aliphatic hydroxyl groups excluding tert-OH is 1. The van der Waals surface area contributed by atoms with Gasteiger partial charge in [-0.15, -0.1) is 11.6 Å². The monoisotopic (exact) mass is 250 g/mol. The Morgan fingerprint density at radius 3 is 2.65 bits per heavy atom. The summed E-state index contributed by atoms with van der Waals surface area (Å²) in [6.45, 7) is 0.00795. The van der Waals surface area contributed by atoms with E-state index in [1.807, 2.05) is 36.4 Å². The molecule has 0 aromatic heterocycles. The number of Topliss-reactive ketones (excluding diaryl/α,β-unsaturated/α-hetero) is 1. The van der Waals surface area contributed by atoms with Crippen LogP contribution < -0.4 is 0 Å². The van der Waals surface area contributed by atoms with Crippen LogP contribution in [0.1, 0.15) is 18.4 Å². The number of alkyl halides is 1. The van der Waals surface area contributed by atoms with Crippen LogP contribution in [0.3, 0.4) is 0 Å². The van der Waals surface area contributed by atoms with Gasteiger partial charge in [-0.3, -0.25) is 4.79 Å². The molecule has 1 N–H and O–H groups in total. The molecule has 90 valence electrons. The van der Waals surface area contributed by atoms with Crippen LogP contribution in [0.5, 0.6) is 0 Å². The maximum Gasteiger partial charge on any atom is 0.177 e. The van der Waals surface area contributed by atoms with Crippen LogP contribution >= 0.6 is 11.6 Å². The molecule has 1 saturated carbocycles. The van der Waals surface area contributed by atoms with Crippen LogP contribution in [0.25, 0.3) is 6.08 Å². The van der Waals surface area contributed by atoms with E-state index in [0.29, 0.717) is 12.0 Å². The van der Waals surface area contributed by atoms with Crippen molar-refractivity contribution in [1.82, 2.24) is 0 Å². The average molecular weight is 251 g/mol. The van der Waals surface area contributed by atoms with Crippen LogP contribution in [0.2, 0.25) is 0 Å². The third-order valence-electron chi connectivity index (χ3n) is 3.12. The van der Waals surface area contributed by atoms with Crippen molar-refractivity contribution in [2.75, 3.05) is 6.61 Å². The highest BCUT2D eigenvalue weighted by atomic mass is 35.5. The van der Waals surface area contributed by atoms with Crippen LogP contribution in [0.4, 0.5) is 0 Å². The second kappa shape index (κ2) is 5.48. The average Bonchev–Trinajstić information content (AvgIpc) is 2.37. The first-order chi connectivity index (χ1) is 8.22. The molecule has 1 aromatic rings. The first-order valence-corrected chi connectivity index (χ1v) is 6.22. The molecule has 0 radical (unpaired) electrons. The highest BCUT2D eigenvalue weighted by molar-refractivity contribution is 6.34. The summed E-state index contributed by atoms with van der Waals surface area (Å²) in [7, 11) is 0. The summed E-state index contributed by atoms with van der Waals surface area (Å²) in [5, 5.41) is 8.87. The largest absolute Gasteiger partial charge is 0.396 e. The maximum absolute atomic E-state index is 12.0. The second-order valence-electron chi connectivity index (χ2n) is 4.30. The topological polar surface area (TPSA) is 37.3 Å². The van der Waals surface area contributed by atoms with Gasteiger partial charge in [-0.05, 0) is 24.5 Å². The predicted octanol–water partition coefficient (Wildman–Crippen LogP) is 2.65. The van der Waals surface area contributed by atoms with E-state index in [4.69, 9.17) is 11.6 Å². The normalized spacial score (nSPS) is 27.4. The number of aliphatic hydroxyl groups is 1. The third kappa shape index (κ3) is 2.76. The molecule has 0 saturated heterocycles. The molecular weight excluding hydrogens is 236 g/mol. The van der Waals surface area contributed by atoms with E-state index in [0.717, 1.165) is 12.0 Å². The summed E-state index contributed by atoms with van der Waals surface area (Å²) in [4.78, 5) is 12.0. The molecule has 2 unspecified atom stereocenters. The van der Waals surface area contributed by atoms with Gasteiger partial charge >= 0.3 is 0 Å². The fourth-order valence-corrected chi connectivity index (χ4v) is 2.38. The van der Waals surface area contributed by atoms with Gasteiger partial charge < -0.3 is 5.11 Å². The molecule has 0 aliphatic heterocycles. The summed E-state index contributed by atoms with van der Waals surface area (Å²) < 4.78 is 0. The van der Waals surface area contributed by atoms with Crippen molar-refractivity contribution in [3.63, 3.8) is 0 Å². The number of ketones is 1. The Hall–Kier alpha value is -1.12. The zero-order valence-corrected chi connectivity index (χ0v) is 10.2. The lowest BCUT2D eigenvalue weighted by Gasteiger charge is -2.25. The van der Waals surface area contributed by atoms with Crippen molar-refractivity contribution in [3.8, 4) is 0 Å². The predicted molar refractivity (Wildman–Crippen MR) is 68.9 cm³/mol. The van der Waals surface area contributed by atoms with Crippen molar-refractivity contribution in [3.05, 3.63) is 41.5 Å². The second-order valence-corrected chi connectivity index (χ2v) is 4.83. The number of rotatable bonds is 2. The van der Waals surface area contributed by atoms with E-state index in [9.17, 15) is 9.90 Å². The smallest absolute Gasteiger partial charge is 0.177 e. The number of carbonyl (C=O) groups excluding carboxylic acids is 1. The molecule has 2 nitrogen and oxygen atoms in total. The number of hydrogen-bond acceptors (Lipinski definition) is 2. The van der Waals surface area contributed by atoms with Crippen LogP contribution in [0, 0.1) is 5.92 Å². The number of hydrogen-bond donors (Lipinski definition) is 1. The lowest BCUT2D eigenvalue weighted by molar-refractivity contribution is -0.117. The van der Waals surface area contributed by atoms with Gasteiger partial charge in [0, 0.05) is 11.5 Å². The molecule has 1 aliphatic rings. The van der Waals surface area contributed by atoms with E-state index >= 15 is 0 Å². The van der Waals surface area contributed by atoms with Crippen LogP contribution in [-0.4, -0.2) is 22.9 Å². The van der Waals surface area contributed by atoms with Gasteiger partial charge in [0.1, 0.15) is 0 Å². The molecule has 3 heteroatoms. The third-order valence-corrected chi connectivity index (χ3v) is 3.54. The van der Waals surface area contributed by atoms with E-state index < -0.39 is 5.38 Å². The minimum Gasteiger partial charge on any atom is -0.396 e. The van der Waals surface area contributed by atoms with Crippen LogP contribution in [0.15, 0.2) is 35.9 Å². The first-order valence-electron chi connectivity index (χ1n) is 5.78. The molecular formula is C14H15ClO2. The fraction of sp³-hybridized carbons (Fsp3) is 0.357. The molecule has 0 amide bonds. The lowest BCUT2D eigenvalue weighted by atomic mass is 9.82. The summed E-state index contributed by atoms with van der Waals surface area (Å²) in [6, 6.07) is 9.65. The van der Waals surface area contributed by atoms with Gasteiger partial charge in [0.05, 0.1) is 12.0 Å². The summed E-state index contributed by atoms with van der Waals surface area (Å²) >= 11 is 5.98. The molecule has 1 aliphatic carbocycles. The van der Waals surface area contributed by atoms with E-state index in [1.165, 1.54) is 0 Å². The summed E-state index contributed by atoms with van der Waals surface area (Å²) in [5.74, 6) is -0.112. The Balaban J connectivity index is 2.32. The van der Waals surface area contributed by atoms with Crippen molar-refractivity contribution in [1.29, 1.82) is 0 Å². The summed E-state index contributed by atoms with van der Waals surface area (Å²) in [6.07, 6.45) is 3.27. The van der Waals surface area contributed by atoms with Gasteiger partial charge in [0.25, 0.3) is 0 Å². The Morgan fingerprint density at radius 1 is 1.29 bits per heavy atom. The lowest BCUT2D eigenvalue weighted by Crippen LogP contribution is -2.30. The molecule has 2 rings (SSSR count). The number of carbonyl (C=O) groups is 1. The number of halogens is 1. The molecule has 1 fully saturated rings. The molecule has 0 bridgehead atoms. The van der Waals surface area contributed by atoms with Crippen LogP contribution in [-0.2, 0) is 4.79 Å². The highest BCUT2D eigenvalue weighted by Crippen LogP contribution is 2.30. The highest BCUT2D eigenvalue weighted by Gasteiger charge is 2.31. The van der Waals surface area contributed by atoms with E-state index in [2.05, 4.69) is 0 Å². The minimum absolute atomic E-state index is 0.00795. The molecule has 17 heavy (non-hydrogen) atoms. The zero-order chi connectivity index (χ0) is 12.3. The van der Waals surface area contributed by atoms with Gasteiger partial charge in [-0.1, -0.05) is 30.3 Å². The molecule has 2 atom stereocenters. The fourth-order valence-electron chi connectivity index (χ4n) is 2.12. The zero-order valence-electron chi connectivity index (χ0n) is 9.47. The van der Waals surface area contributed by atoms with Gasteiger partial charge in [0.2, 0.25) is 0 Å². The minimum atomic E-state index is -0.437. The van der Waals surface area contributed by atoms with Crippen molar-refractivity contribution in [2.24, 2.45) is 5.92 Å². The van der Waals surface area contributed by atoms with E-state index in [1.54, 1.807) is 0 Å². The molecule has 0 heterocycles. The molecule has 0 spiro atoms. The van der Waals surface area contributed by atoms with Gasteiger partial charge in [0.15, 0.2) is 5.78 Å². The maximum atomic E-state index is 12.0. The Kier molecular flexibility index (Phi) is 3.97. The van der Waals surface area contributed by atoms with Crippen molar-refractivity contribution < 1.29 is 9.90 Å². The first kappa shape index (κ1) is 12.3. The SMILES string of the molecule is O=C1C(=Cc2ccccc2)C(CO)CCC1Cl. The Morgan fingerprint density at radius 2 is 2.00 bits per heavy atom. The Bertz CT molecular complexity index is 425. The van der Waals surface area contributed by atoms with Crippen molar-refractivity contribution in [2.45, 2.75) is 18.2 Å².